The monoisotopic (exact) mass is 751 g/mol. The van der Waals surface area contributed by atoms with Crippen molar-refractivity contribution in [2.45, 2.75) is 132 Å². The van der Waals surface area contributed by atoms with Crippen LogP contribution in [0, 0.1) is 11.8 Å². The molecule has 1 aromatic carbocycles. The summed E-state index contributed by atoms with van der Waals surface area (Å²) < 4.78 is 76.4. The molecule has 5 aliphatic rings. The van der Waals surface area contributed by atoms with Crippen LogP contribution >= 0.6 is 0 Å². The summed E-state index contributed by atoms with van der Waals surface area (Å²) in [5.74, 6) is -3.73. The summed E-state index contributed by atoms with van der Waals surface area (Å²) in [6, 6.07) is 1.22. The predicted octanol–water partition coefficient (Wildman–Crippen LogP) is 3.83. The molecule has 2 aliphatic carbocycles. The Morgan fingerprint density at radius 3 is 2.44 bits per heavy atom. The fourth-order valence-corrected chi connectivity index (χ4v) is 9.13. The summed E-state index contributed by atoms with van der Waals surface area (Å²) in [7, 11) is -3.95. The topological polar surface area (TPSA) is 154 Å². The molecule has 0 aromatic heterocycles. The first-order valence-electron chi connectivity index (χ1n) is 18.2. The van der Waals surface area contributed by atoms with Crippen molar-refractivity contribution >= 4 is 33.8 Å². The van der Waals surface area contributed by atoms with Gasteiger partial charge in [0.2, 0.25) is 21.8 Å². The molecule has 1 aromatic rings. The zero-order valence-corrected chi connectivity index (χ0v) is 30.4. The van der Waals surface area contributed by atoms with Crippen LogP contribution < -0.4 is 15.4 Å². The van der Waals surface area contributed by atoms with Crippen LogP contribution in [0.1, 0.15) is 88.3 Å². The van der Waals surface area contributed by atoms with Crippen LogP contribution in [0.5, 0.6) is 0 Å². The number of hydrogen-bond acceptors (Lipinski definition) is 8. The predicted molar refractivity (Wildman–Crippen MR) is 184 cm³/mol. The molecule has 4 amide bonds. The second kappa shape index (κ2) is 14.6. The summed E-state index contributed by atoms with van der Waals surface area (Å²) in [5, 5.41) is 4.54. The number of sulfonamides is 1. The Hall–Kier alpha value is -3.66. The van der Waals surface area contributed by atoms with Gasteiger partial charge < -0.3 is 15.0 Å². The Bertz CT molecular complexity index is 1700. The first-order valence-corrected chi connectivity index (χ1v) is 19.8. The lowest BCUT2D eigenvalue weighted by molar-refractivity contribution is -0.163. The number of nitrogens with one attached hydrogen (secondary N) is 3. The molecule has 4 bridgehead atoms. The van der Waals surface area contributed by atoms with E-state index in [1.165, 1.54) is 6.08 Å². The maximum Gasteiger partial charge on any atom is 0.410 e. The number of fused-ring (bicyclic) bond motifs is 3. The second-order valence-corrected chi connectivity index (χ2v) is 17.2. The molecule has 0 radical (unpaired) electrons. The fraction of sp³-hybridized carbons (Fsp3) is 0.667. The number of alkyl halides is 3. The van der Waals surface area contributed by atoms with Gasteiger partial charge >= 0.3 is 12.3 Å². The lowest BCUT2D eigenvalue weighted by Gasteiger charge is -2.34. The average Bonchev–Trinajstić information content (AvgIpc) is 3.96. The van der Waals surface area contributed by atoms with E-state index in [-0.39, 0.29) is 25.8 Å². The summed E-state index contributed by atoms with van der Waals surface area (Å²) in [5.41, 5.74) is 1.44. The first-order chi connectivity index (χ1) is 24.5. The Labute approximate surface area is 302 Å². The van der Waals surface area contributed by atoms with E-state index in [0.29, 0.717) is 38.8 Å². The Morgan fingerprint density at radius 1 is 1.08 bits per heavy atom. The number of carbonyl (C=O) groups is 4. The fourth-order valence-electron chi connectivity index (χ4n) is 7.77. The van der Waals surface area contributed by atoms with Gasteiger partial charge in [-0.05, 0) is 61.1 Å². The lowest BCUT2D eigenvalue weighted by atomic mass is 9.97. The smallest absolute Gasteiger partial charge is 0.410 e. The van der Waals surface area contributed by atoms with Crippen molar-refractivity contribution in [3.8, 4) is 0 Å². The highest BCUT2D eigenvalue weighted by Crippen LogP contribution is 2.45. The van der Waals surface area contributed by atoms with Crippen LogP contribution in [0.15, 0.2) is 30.9 Å². The lowest BCUT2D eigenvalue weighted by Crippen LogP contribution is -2.60. The zero-order valence-electron chi connectivity index (χ0n) is 29.5. The largest absolute Gasteiger partial charge is 0.444 e. The summed E-state index contributed by atoms with van der Waals surface area (Å²) >= 11 is 0. The second-order valence-electron chi connectivity index (χ2n) is 15.3. The summed E-state index contributed by atoms with van der Waals surface area (Å²) in [4.78, 5) is 58.0. The van der Waals surface area contributed by atoms with Gasteiger partial charge in [0.15, 0.2) is 0 Å². The standard InChI is InChI=1S/C36H48F3N5O7S/c1-4-24-17-35(24,33(47)42-52(49,50)26-14-15-26)41-31(45)28-16-25-19-44(28)32(46)30(21(2)3)40-29(36(37,38)39)13-8-6-5-7-10-22-11-9-12-23-18-43(20-27(22)23)34(48)51-25/h4,9,11-12,21,24-26,28-30,40H,1,5-8,10,13-20H2,2-3H3,(H,41,45)(H,42,47)/t24-,25-,28+,29-,30+,35-/m1/s1. The average molecular weight is 752 g/mol. The normalized spacial score (nSPS) is 30.2. The molecule has 3 fully saturated rings. The molecule has 16 heteroatoms. The van der Waals surface area contributed by atoms with Crippen molar-refractivity contribution < 1.29 is 45.5 Å². The molecule has 0 unspecified atom stereocenters. The van der Waals surface area contributed by atoms with Crippen LogP contribution in [0.3, 0.4) is 0 Å². The van der Waals surface area contributed by atoms with Gasteiger partial charge in [-0.25, -0.2) is 13.2 Å². The number of nitrogens with zero attached hydrogens (tertiary/aromatic N) is 2. The van der Waals surface area contributed by atoms with Crippen molar-refractivity contribution in [2.24, 2.45) is 11.8 Å². The van der Waals surface area contributed by atoms with Crippen molar-refractivity contribution in [3.63, 3.8) is 0 Å². The third-order valence-corrected chi connectivity index (χ3v) is 12.9. The van der Waals surface area contributed by atoms with Gasteiger partial charge in [-0.15, -0.1) is 6.58 Å². The van der Waals surface area contributed by atoms with Gasteiger partial charge in [0.25, 0.3) is 5.91 Å². The number of rotatable bonds is 7. The van der Waals surface area contributed by atoms with Crippen molar-refractivity contribution in [3.05, 3.63) is 47.5 Å². The van der Waals surface area contributed by atoms with Gasteiger partial charge in [-0.3, -0.25) is 29.3 Å². The van der Waals surface area contributed by atoms with E-state index in [9.17, 15) is 40.8 Å². The van der Waals surface area contributed by atoms with Gasteiger partial charge in [0.1, 0.15) is 23.7 Å². The number of ether oxygens (including phenoxy) is 1. The maximum absolute atomic E-state index is 14.4. The number of halogens is 3. The van der Waals surface area contributed by atoms with E-state index in [0.717, 1.165) is 40.9 Å². The van der Waals surface area contributed by atoms with E-state index < -0.39 is 86.9 Å². The molecular weight excluding hydrogens is 703 g/mol. The summed E-state index contributed by atoms with van der Waals surface area (Å²) in [6.07, 6.45) is -1.28. The van der Waals surface area contributed by atoms with Crippen molar-refractivity contribution in [2.75, 3.05) is 6.54 Å². The van der Waals surface area contributed by atoms with E-state index in [1.54, 1.807) is 18.7 Å². The minimum atomic E-state index is -4.64. The minimum absolute atomic E-state index is 0.0638. The van der Waals surface area contributed by atoms with Crippen LogP contribution in [0.25, 0.3) is 0 Å². The highest BCUT2D eigenvalue weighted by molar-refractivity contribution is 7.91. The molecule has 2 saturated carbocycles. The van der Waals surface area contributed by atoms with Crippen molar-refractivity contribution in [1.82, 2.24) is 25.2 Å². The molecule has 3 N–H and O–H groups in total. The number of amides is 4. The number of hydrogen-bond donors (Lipinski definition) is 3. The highest BCUT2D eigenvalue weighted by atomic mass is 32.2. The molecule has 3 aliphatic heterocycles. The van der Waals surface area contributed by atoms with Gasteiger partial charge in [-0.2, -0.15) is 13.2 Å². The van der Waals surface area contributed by atoms with E-state index in [4.69, 9.17) is 4.74 Å². The molecule has 0 spiro atoms. The number of benzene rings is 1. The third-order valence-electron chi connectivity index (χ3n) is 11.1. The van der Waals surface area contributed by atoms with E-state index >= 15 is 0 Å². The molecule has 6 rings (SSSR count). The van der Waals surface area contributed by atoms with Gasteiger partial charge in [-0.1, -0.05) is 57.4 Å². The Balaban J connectivity index is 1.28. The number of carbonyl (C=O) groups excluding carboxylic acids is 4. The first kappa shape index (κ1) is 38.1. The van der Waals surface area contributed by atoms with Crippen LogP contribution in [-0.2, 0) is 48.7 Å². The summed E-state index contributed by atoms with van der Waals surface area (Å²) in [6.45, 7) is 7.30. The highest BCUT2D eigenvalue weighted by Gasteiger charge is 2.62. The molecule has 52 heavy (non-hydrogen) atoms. The molecule has 3 heterocycles. The zero-order chi connectivity index (χ0) is 37.6. The molecular formula is C36H48F3N5O7S. The molecule has 286 valence electrons. The van der Waals surface area contributed by atoms with Gasteiger partial charge in [0, 0.05) is 25.4 Å². The number of aryl methyl sites for hydroxylation is 1. The van der Waals surface area contributed by atoms with Crippen molar-refractivity contribution in [1.29, 1.82) is 0 Å². The van der Waals surface area contributed by atoms with Crippen LogP contribution in [0.2, 0.25) is 0 Å². The molecule has 12 nitrogen and oxygen atoms in total. The van der Waals surface area contributed by atoms with E-state index in [1.807, 2.05) is 18.2 Å². The van der Waals surface area contributed by atoms with E-state index in [2.05, 4.69) is 21.9 Å². The van der Waals surface area contributed by atoms with Crippen LogP contribution in [0.4, 0.5) is 18.0 Å². The quantitative estimate of drug-likeness (QED) is 0.356. The van der Waals surface area contributed by atoms with Gasteiger partial charge in [0.05, 0.1) is 17.8 Å². The third kappa shape index (κ3) is 7.97. The maximum atomic E-state index is 14.4. The SMILES string of the molecule is C=C[C@@H]1C[C@]1(NC(=O)[C@@H]1C[C@@H]2CN1C(=O)[C@H](C(C)C)N[C@@H](C(F)(F)F)CCCCCCc1cccc3c1CN(C3)C(=O)O2)C(=O)NS(=O)(=O)C1CC1. The van der Waals surface area contributed by atoms with Crippen LogP contribution in [-0.4, -0.2) is 89.8 Å². The minimum Gasteiger partial charge on any atom is -0.444 e. The molecule has 6 atom stereocenters. The Kier molecular flexibility index (Phi) is 10.7. The Morgan fingerprint density at radius 2 is 1.79 bits per heavy atom. The molecule has 1 saturated heterocycles.